The minimum atomic E-state index is 0.0226. The van der Waals surface area contributed by atoms with Crippen LogP contribution in [-0.2, 0) is 4.65 Å². The fourth-order valence-electron chi connectivity index (χ4n) is 0.285. The second-order valence-electron chi connectivity index (χ2n) is 2.68. The van der Waals surface area contributed by atoms with Gasteiger partial charge in [0.2, 0.25) is 0 Å². The Morgan fingerprint density at radius 1 is 1.50 bits per heavy atom. The predicted molar refractivity (Wildman–Crippen MR) is 36.0 cm³/mol. The van der Waals surface area contributed by atoms with E-state index in [1.165, 1.54) is 0 Å². The van der Waals surface area contributed by atoms with Gasteiger partial charge >= 0.3 is 0 Å². The van der Waals surface area contributed by atoms with Crippen LogP contribution in [0.4, 0.5) is 0 Å². The molecule has 42 valence electrons. The molecule has 0 aliphatic carbocycles. The van der Waals surface area contributed by atoms with Crippen LogP contribution in [-0.4, -0.2) is 22.5 Å². The SMILES string of the molecule is [B]CC(C)(C)CO[B]. The predicted octanol–water partition coefficient (Wildman–Crippen LogP) is 0.700. The molecule has 0 spiro atoms. The number of rotatable bonds is 3. The van der Waals surface area contributed by atoms with Crippen molar-refractivity contribution in [3.8, 4) is 0 Å². The van der Waals surface area contributed by atoms with E-state index >= 15 is 0 Å². The molecule has 1 nitrogen and oxygen atoms in total. The van der Waals surface area contributed by atoms with Gasteiger partial charge in [0.25, 0.3) is 8.05 Å². The van der Waals surface area contributed by atoms with E-state index in [1.54, 1.807) is 0 Å². The first kappa shape index (κ1) is 8.09. The normalized spacial score (nSPS) is 11.8. The van der Waals surface area contributed by atoms with Crippen molar-refractivity contribution < 1.29 is 4.65 Å². The zero-order chi connectivity index (χ0) is 6.62. The molecule has 0 atom stereocenters. The summed E-state index contributed by atoms with van der Waals surface area (Å²) >= 11 is 0. The Hall–Kier alpha value is 0.0899. The van der Waals surface area contributed by atoms with Crippen LogP contribution in [0.1, 0.15) is 13.8 Å². The summed E-state index contributed by atoms with van der Waals surface area (Å²) in [5.74, 6) is 0. The number of hydrogen-bond acceptors (Lipinski definition) is 1. The summed E-state index contributed by atoms with van der Waals surface area (Å²) in [6.07, 6.45) is 0.601. The molecule has 3 heteroatoms. The van der Waals surface area contributed by atoms with Crippen LogP contribution in [0.2, 0.25) is 6.32 Å². The average Bonchev–Trinajstić information content (AvgIpc) is 1.67. The maximum Gasteiger partial charge on any atom is 0.282 e. The molecule has 0 aromatic carbocycles. The lowest BCUT2D eigenvalue weighted by molar-refractivity contribution is 0.213. The number of hydrogen-bond donors (Lipinski definition) is 0. The van der Waals surface area contributed by atoms with Gasteiger partial charge in [-0.15, -0.1) is 0 Å². The topological polar surface area (TPSA) is 9.23 Å². The molecule has 0 bridgehead atoms. The van der Waals surface area contributed by atoms with E-state index in [-0.39, 0.29) is 5.41 Å². The molecule has 8 heavy (non-hydrogen) atoms. The largest absolute Gasteiger partial charge is 0.447 e. The van der Waals surface area contributed by atoms with Crippen molar-refractivity contribution in [2.24, 2.45) is 5.41 Å². The molecule has 0 amide bonds. The zero-order valence-electron chi connectivity index (χ0n) is 5.48. The van der Waals surface area contributed by atoms with Crippen molar-refractivity contribution in [3.05, 3.63) is 0 Å². The Balaban J connectivity index is 3.37. The highest BCUT2D eigenvalue weighted by Gasteiger charge is 2.12. The lowest BCUT2D eigenvalue weighted by Gasteiger charge is -2.21. The van der Waals surface area contributed by atoms with Crippen LogP contribution < -0.4 is 0 Å². The average molecular weight is 108 g/mol. The Morgan fingerprint density at radius 3 is 2.12 bits per heavy atom. The molecular formula is C5H10B2O. The fraction of sp³-hybridized carbons (Fsp3) is 1.00. The lowest BCUT2D eigenvalue weighted by Crippen LogP contribution is -2.17. The third kappa shape index (κ3) is 3.14. The molecule has 0 aromatic heterocycles. The van der Waals surface area contributed by atoms with Crippen molar-refractivity contribution in [3.63, 3.8) is 0 Å². The van der Waals surface area contributed by atoms with E-state index in [2.05, 4.69) is 4.65 Å². The van der Waals surface area contributed by atoms with E-state index < -0.39 is 0 Å². The molecule has 0 rings (SSSR count). The molecule has 4 radical (unpaired) electrons. The molecule has 0 heterocycles. The maximum atomic E-state index is 5.36. The summed E-state index contributed by atoms with van der Waals surface area (Å²) in [5.41, 5.74) is 0.0226. The van der Waals surface area contributed by atoms with E-state index in [9.17, 15) is 0 Å². The molecular weight excluding hydrogens is 97.7 g/mol. The van der Waals surface area contributed by atoms with Gasteiger partial charge in [-0.3, -0.25) is 0 Å². The molecule has 0 saturated carbocycles. The molecule has 0 fully saturated rings. The van der Waals surface area contributed by atoms with Gasteiger partial charge in [0, 0.05) is 6.61 Å². The van der Waals surface area contributed by atoms with Gasteiger partial charge in [-0.1, -0.05) is 20.2 Å². The van der Waals surface area contributed by atoms with Gasteiger partial charge in [0.1, 0.15) is 0 Å². The van der Waals surface area contributed by atoms with Gasteiger partial charge in [-0.25, -0.2) is 0 Å². The van der Waals surface area contributed by atoms with Gasteiger partial charge in [0.05, 0.1) is 7.85 Å². The van der Waals surface area contributed by atoms with Crippen molar-refractivity contribution in [2.45, 2.75) is 20.2 Å². The summed E-state index contributed by atoms with van der Waals surface area (Å²) in [6.45, 7) is 4.52. The van der Waals surface area contributed by atoms with Gasteiger partial charge < -0.3 is 4.65 Å². The van der Waals surface area contributed by atoms with Crippen molar-refractivity contribution in [2.75, 3.05) is 6.61 Å². The zero-order valence-corrected chi connectivity index (χ0v) is 5.48. The quantitative estimate of drug-likeness (QED) is 0.483. The smallest absolute Gasteiger partial charge is 0.282 e. The molecule has 0 aliphatic heterocycles. The highest BCUT2D eigenvalue weighted by Crippen LogP contribution is 2.17. The summed E-state index contributed by atoms with van der Waals surface area (Å²) in [6, 6.07) is 0. The first-order chi connectivity index (χ1) is 3.62. The van der Waals surface area contributed by atoms with Crippen molar-refractivity contribution in [1.82, 2.24) is 0 Å². The van der Waals surface area contributed by atoms with Gasteiger partial charge in [-0.2, -0.15) is 0 Å². The van der Waals surface area contributed by atoms with E-state index in [0.717, 1.165) is 0 Å². The standard InChI is InChI=1S/C5H10B2O/c1-5(2,3-6)4-8-7/h3-4H2,1-2H3. The minimum Gasteiger partial charge on any atom is -0.447 e. The van der Waals surface area contributed by atoms with E-state index in [0.29, 0.717) is 12.9 Å². The Labute approximate surface area is 53.7 Å². The highest BCUT2D eigenvalue weighted by atomic mass is 16.4. The molecule has 0 N–H and O–H groups in total. The Bertz CT molecular complexity index is 63.4. The van der Waals surface area contributed by atoms with Crippen LogP contribution in [0.5, 0.6) is 0 Å². The van der Waals surface area contributed by atoms with E-state index in [4.69, 9.17) is 15.9 Å². The molecule has 0 aromatic rings. The van der Waals surface area contributed by atoms with Crippen LogP contribution in [0.3, 0.4) is 0 Å². The molecule has 0 unspecified atom stereocenters. The summed E-state index contributed by atoms with van der Waals surface area (Å²) in [7, 11) is 10.2. The van der Waals surface area contributed by atoms with Crippen LogP contribution in [0.15, 0.2) is 0 Å². The van der Waals surface area contributed by atoms with Crippen LogP contribution >= 0.6 is 0 Å². The van der Waals surface area contributed by atoms with Gasteiger partial charge in [0.15, 0.2) is 0 Å². The Kier molecular flexibility index (Phi) is 3.22. The second-order valence-corrected chi connectivity index (χ2v) is 2.68. The minimum absolute atomic E-state index is 0.0226. The summed E-state index contributed by atoms with van der Waals surface area (Å²) in [4.78, 5) is 0. The summed E-state index contributed by atoms with van der Waals surface area (Å²) in [5, 5.41) is 0. The third-order valence-electron chi connectivity index (χ3n) is 1.03. The fourth-order valence-corrected chi connectivity index (χ4v) is 0.285. The van der Waals surface area contributed by atoms with Crippen molar-refractivity contribution >= 4 is 15.9 Å². The van der Waals surface area contributed by atoms with Crippen LogP contribution in [0.25, 0.3) is 0 Å². The highest BCUT2D eigenvalue weighted by molar-refractivity contribution is 6.09. The van der Waals surface area contributed by atoms with Gasteiger partial charge in [-0.05, 0) is 5.41 Å². The monoisotopic (exact) mass is 108 g/mol. The third-order valence-corrected chi connectivity index (χ3v) is 1.03. The summed E-state index contributed by atoms with van der Waals surface area (Å²) < 4.78 is 4.42. The molecule has 0 aliphatic rings. The molecule has 0 saturated heterocycles. The second kappa shape index (κ2) is 3.18. The lowest BCUT2D eigenvalue weighted by atomic mass is 9.80. The Morgan fingerprint density at radius 2 is 2.00 bits per heavy atom. The first-order valence-corrected chi connectivity index (χ1v) is 2.64. The first-order valence-electron chi connectivity index (χ1n) is 2.64. The van der Waals surface area contributed by atoms with Crippen molar-refractivity contribution in [1.29, 1.82) is 0 Å². The van der Waals surface area contributed by atoms with E-state index in [1.807, 2.05) is 13.8 Å². The van der Waals surface area contributed by atoms with Crippen LogP contribution in [0, 0.1) is 5.41 Å². The maximum absolute atomic E-state index is 5.36.